The summed E-state index contributed by atoms with van der Waals surface area (Å²) < 4.78 is 105. The fraction of sp³-hybridized carbons (Fsp3) is 0.444. The molecule has 3 rings (SSSR count). The monoisotopic (exact) mass is 531 g/mol. The Morgan fingerprint density at radius 3 is 2.15 bits per heavy atom. The van der Waals surface area contributed by atoms with Gasteiger partial charge in [-0.2, -0.15) is 30.6 Å². The molecule has 0 amide bonds. The molecule has 1 aliphatic heterocycles. The van der Waals surface area contributed by atoms with Crippen LogP contribution in [0.25, 0.3) is 0 Å². The number of nitrogen functional groups attached to an aromatic ring is 1. The first-order chi connectivity index (χ1) is 15.5. The molecule has 1 aromatic carbocycles. The molecule has 2 heterocycles. The number of rotatable bonds is 4. The van der Waals surface area contributed by atoms with Crippen LogP contribution in [0, 0.1) is 0 Å². The van der Waals surface area contributed by atoms with Crippen molar-refractivity contribution in [3.05, 3.63) is 36.2 Å². The number of benzene rings is 1. The summed E-state index contributed by atoms with van der Waals surface area (Å²) in [4.78, 5) is 8.66. The van der Waals surface area contributed by atoms with Crippen LogP contribution in [0.5, 0.6) is 0 Å². The second-order valence-corrected chi connectivity index (χ2v) is 10.00. The highest BCUT2D eigenvalue weighted by Crippen LogP contribution is 2.49. The highest BCUT2D eigenvalue weighted by molar-refractivity contribution is 7.90. The standard InChI is InChI=1S/C18H19F6N5O3S2/c1-10-9-28(34(31,32)14-6-12(25)2-3-13(14)33)4-5-29(10)15-26-7-11(8-27-15)16(30,17(19,20)21)18(22,23)24/h2-3,6-8,10,30,33H,4-5,9,25H2,1H3/t10-/m0/s1. The molecule has 1 fully saturated rings. The second-order valence-electron chi connectivity index (χ2n) is 7.61. The molecule has 0 unspecified atom stereocenters. The van der Waals surface area contributed by atoms with Gasteiger partial charge in [-0.1, -0.05) is 0 Å². The van der Waals surface area contributed by atoms with Crippen LogP contribution in [-0.4, -0.2) is 65.8 Å². The number of sulfonamides is 1. The lowest BCUT2D eigenvalue weighted by Crippen LogP contribution is -2.55. The maximum Gasteiger partial charge on any atom is 0.430 e. The molecule has 1 saturated heterocycles. The predicted molar refractivity (Wildman–Crippen MR) is 112 cm³/mol. The lowest BCUT2D eigenvalue weighted by molar-refractivity contribution is -0.376. The third-order valence-electron chi connectivity index (χ3n) is 5.33. The molecule has 1 aromatic heterocycles. The first-order valence-corrected chi connectivity index (χ1v) is 11.4. The highest BCUT2D eigenvalue weighted by Gasteiger charge is 2.71. The number of alkyl halides is 6. The minimum absolute atomic E-state index is 0.00717. The molecule has 2 aromatic rings. The molecule has 34 heavy (non-hydrogen) atoms. The Balaban J connectivity index is 1.83. The summed E-state index contributed by atoms with van der Waals surface area (Å²) in [6.07, 6.45) is -11.6. The Bertz CT molecular complexity index is 1140. The number of hydrogen-bond acceptors (Lipinski definition) is 8. The maximum atomic E-state index is 13.0. The summed E-state index contributed by atoms with van der Waals surface area (Å²) in [7, 11) is -3.99. The average molecular weight is 532 g/mol. The van der Waals surface area contributed by atoms with Gasteiger partial charge in [0.2, 0.25) is 16.0 Å². The predicted octanol–water partition coefficient (Wildman–Crippen LogP) is 2.56. The van der Waals surface area contributed by atoms with E-state index in [-0.39, 0.29) is 53.5 Å². The fourth-order valence-electron chi connectivity index (χ4n) is 3.46. The number of thiol groups is 1. The van der Waals surface area contributed by atoms with E-state index in [1.165, 1.54) is 23.1 Å². The van der Waals surface area contributed by atoms with Gasteiger partial charge in [-0.25, -0.2) is 18.4 Å². The zero-order valence-electron chi connectivity index (χ0n) is 17.3. The van der Waals surface area contributed by atoms with Gasteiger partial charge in [-0.05, 0) is 25.1 Å². The number of nitrogens with two attached hydrogens (primary N) is 1. The molecule has 0 radical (unpaired) electrons. The number of hydrogen-bond donors (Lipinski definition) is 3. The summed E-state index contributed by atoms with van der Waals surface area (Å²) in [6, 6.07) is 3.59. The van der Waals surface area contributed by atoms with Gasteiger partial charge in [-0.3, -0.25) is 0 Å². The van der Waals surface area contributed by atoms with Gasteiger partial charge in [0.25, 0.3) is 5.60 Å². The van der Waals surface area contributed by atoms with Crippen LogP contribution in [0.1, 0.15) is 12.5 Å². The van der Waals surface area contributed by atoms with Crippen LogP contribution in [-0.2, 0) is 15.6 Å². The third kappa shape index (κ3) is 4.50. The largest absolute Gasteiger partial charge is 0.430 e. The molecule has 8 nitrogen and oxygen atoms in total. The molecule has 16 heteroatoms. The molecule has 1 atom stereocenters. The van der Waals surface area contributed by atoms with E-state index in [0.717, 1.165) is 4.31 Å². The molecule has 0 spiro atoms. The Kier molecular flexibility index (Phi) is 6.75. The maximum absolute atomic E-state index is 13.0. The van der Waals surface area contributed by atoms with E-state index in [0.29, 0.717) is 0 Å². The minimum atomic E-state index is -6.06. The second kappa shape index (κ2) is 8.73. The molecule has 3 N–H and O–H groups in total. The number of piperazine rings is 1. The summed E-state index contributed by atoms with van der Waals surface area (Å²) >= 11 is 4.16. The number of aromatic nitrogens is 2. The average Bonchev–Trinajstić information content (AvgIpc) is 2.73. The topological polar surface area (TPSA) is 113 Å². The Hall–Kier alpha value is -2.30. The summed E-state index contributed by atoms with van der Waals surface area (Å²) in [5.74, 6) is -0.223. The van der Waals surface area contributed by atoms with Gasteiger partial charge < -0.3 is 15.7 Å². The molecular formula is C18H19F6N5O3S2. The minimum Gasteiger partial charge on any atom is -0.399 e. The van der Waals surface area contributed by atoms with Crippen molar-refractivity contribution in [1.29, 1.82) is 0 Å². The van der Waals surface area contributed by atoms with Crippen molar-refractivity contribution in [3.8, 4) is 0 Å². The van der Waals surface area contributed by atoms with Gasteiger partial charge in [0.05, 0.1) is 4.90 Å². The van der Waals surface area contributed by atoms with Crippen molar-refractivity contribution in [1.82, 2.24) is 14.3 Å². The Morgan fingerprint density at radius 1 is 1.09 bits per heavy atom. The van der Waals surface area contributed by atoms with Crippen molar-refractivity contribution in [2.24, 2.45) is 0 Å². The quantitative estimate of drug-likeness (QED) is 0.316. The molecule has 0 aliphatic carbocycles. The smallest absolute Gasteiger partial charge is 0.399 e. The van der Waals surface area contributed by atoms with E-state index < -0.39 is 39.6 Å². The first-order valence-electron chi connectivity index (χ1n) is 9.53. The van der Waals surface area contributed by atoms with E-state index in [1.807, 2.05) is 0 Å². The van der Waals surface area contributed by atoms with Crippen LogP contribution >= 0.6 is 12.6 Å². The lowest BCUT2D eigenvalue weighted by atomic mass is 9.95. The van der Waals surface area contributed by atoms with Crippen LogP contribution in [0.2, 0.25) is 0 Å². The van der Waals surface area contributed by atoms with Gasteiger partial charge in [0.15, 0.2) is 0 Å². The molecule has 1 aliphatic rings. The zero-order valence-corrected chi connectivity index (χ0v) is 19.0. The van der Waals surface area contributed by atoms with Gasteiger partial charge in [0, 0.05) is 54.2 Å². The third-order valence-corrected chi connectivity index (χ3v) is 7.77. The Morgan fingerprint density at radius 2 is 1.65 bits per heavy atom. The van der Waals surface area contributed by atoms with Crippen LogP contribution < -0.4 is 10.6 Å². The highest BCUT2D eigenvalue weighted by atomic mass is 32.2. The van der Waals surface area contributed by atoms with Crippen molar-refractivity contribution >= 4 is 34.3 Å². The van der Waals surface area contributed by atoms with Gasteiger partial charge in [-0.15, -0.1) is 12.6 Å². The summed E-state index contributed by atoms with van der Waals surface area (Å²) in [5, 5.41) is 9.45. The summed E-state index contributed by atoms with van der Waals surface area (Å²) in [6.45, 7) is 1.42. The van der Waals surface area contributed by atoms with Crippen LogP contribution in [0.4, 0.5) is 38.0 Å². The van der Waals surface area contributed by atoms with Crippen LogP contribution in [0.15, 0.2) is 40.4 Å². The van der Waals surface area contributed by atoms with E-state index >= 15 is 0 Å². The van der Waals surface area contributed by atoms with Crippen molar-refractivity contribution in [2.45, 2.75) is 40.7 Å². The number of halogens is 6. The van der Waals surface area contributed by atoms with Crippen molar-refractivity contribution < 1.29 is 39.9 Å². The SMILES string of the molecule is C[C@H]1CN(S(=O)(=O)c2cc(N)ccc2S)CCN1c1ncc(C(O)(C(F)(F)F)C(F)(F)F)cn1. The van der Waals surface area contributed by atoms with Gasteiger partial charge in [0.1, 0.15) is 0 Å². The molecular weight excluding hydrogens is 512 g/mol. The number of aliphatic hydroxyl groups is 1. The molecule has 0 saturated carbocycles. The van der Waals surface area contributed by atoms with E-state index in [4.69, 9.17) is 5.73 Å². The van der Waals surface area contributed by atoms with E-state index in [2.05, 4.69) is 22.6 Å². The van der Waals surface area contributed by atoms with Crippen molar-refractivity contribution in [3.63, 3.8) is 0 Å². The zero-order chi connectivity index (χ0) is 25.7. The lowest BCUT2D eigenvalue weighted by Gasteiger charge is -2.39. The number of nitrogens with zero attached hydrogens (tertiary/aromatic N) is 4. The first kappa shape index (κ1) is 26.3. The van der Waals surface area contributed by atoms with E-state index in [9.17, 15) is 39.9 Å². The van der Waals surface area contributed by atoms with Crippen molar-refractivity contribution in [2.75, 3.05) is 30.3 Å². The fourth-order valence-corrected chi connectivity index (χ4v) is 5.58. The molecule has 188 valence electrons. The Labute approximate surface area is 195 Å². The number of anilines is 2. The van der Waals surface area contributed by atoms with Crippen LogP contribution in [0.3, 0.4) is 0 Å². The normalized spacial score (nSPS) is 18.9. The summed E-state index contributed by atoms with van der Waals surface area (Å²) in [5.41, 5.74) is -0.838. The molecule has 0 bridgehead atoms. The van der Waals surface area contributed by atoms with Gasteiger partial charge >= 0.3 is 12.4 Å². The van der Waals surface area contributed by atoms with E-state index in [1.54, 1.807) is 6.92 Å².